The molecule has 0 aliphatic rings. The summed E-state index contributed by atoms with van der Waals surface area (Å²) in [6, 6.07) is 2.22. The average Bonchev–Trinajstić information content (AvgIpc) is 2.44. The van der Waals surface area contributed by atoms with Crippen molar-refractivity contribution >= 4 is 17.3 Å². The van der Waals surface area contributed by atoms with Gasteiger partial charge in [-0.25, -0.2) is 0 Å². The third-order valence-electron chi connectivity index (χ3n) is 2.90. The maximum absolute atomic E-state index is 12.6. The number of rotatable bonds is 7. The molecule has 0 spiro atoms. The van der Waals surface area contributed by atoms with E-state index in [-0.39, 0.29) is 24.6 Å². The van der Waals surface area contributed by atoms with Crippen LogP contribution in [0.4, 0.5) is 24.5 Å². The number of hydrogen-bond acceptors (Lipinski definition) is 4. The molecule has 0 atom stereocenters. The SMILES string of the molecule is CC(C)CNC(=O)CCNc1ccc(C(F)(F)F)cc1[N+](=O)[O-]. The van der Waals surface area contributed by atoms with Crippen LogP contribution in [0.1, 0.15) is 25.8 Å². The van der Waals surface area contributed by atoms with Gasteiger partial charge in [-0.1, -0.05) is 13.8 Å². The van der Waals surface area contributed by atoms with Crippen molar-refractivity contribution in [3.63, 3.8) is 0 Å². The lowest BCUT2D eigenvalue weighted by molar-refractivity contribution is -0.384. The Balaban J connectivity index is 2.70. The molecule has 0 aliphatic carbocycles. The number of nitrogens with one attached hydrogen (secondary N) is 2. The highest BCUT2D eigenvalue weighted by atomic mass is 19.4. The molecule has 2 N–H and O–H groups in total. The van der Waals surface area contributed by atoms with Crippen molar-refractivity contribution < 1.29 is 22.9 Å². The van der Waals surface area contributed by atoms with Crippen LogP contribution in [0.5, 0.6) is 0 Å². The molecule has 0 aliphatic heterocycles. The molecular formula is C14H18F3N3O3. The first-order valence-corrected chi connectivity index (χ1v) is 6.97. The van der Waals surface area contributed by atoms with Crippen molar-refractivity contribution in [2.45, 2.75) is 26.4 Å². The summed E-state index contributed by atoms with van der Waals surface area (Å²) in [5.74, 6) is 0.0590. The lowest BCUT2D eigenvalue weighted by Crippen LogP contribution is -2.28. The molecule has 0 aromatic heterocycles. The summed E-state index contributed by atoms with van der Waals surface area (Å²) in [7, 11) is 0. The molecule has 0 saturated carbocycles. The van der Waals surface area contributed by atoms with Crippen LogP contribution in [0.25, 0.3) is 0 Å². The quantitative estimate of drug-likeness (QED) is 0.593. The Hall–Kier alpha value is -2.32. The summed E-state index contributed by atoms with van der Waals surface area (Å²) in [4.78, 5) is 21.5. The molecule has 0 saturated heterocycles. The topological polar surface area (TPSA) is 84.3 Å². The highest BCUT2D eigenvalue weighted by molar-refractivity contribution is 5.76. The summed E-state index contributed by atoms with van der Waals surface area (Å²) in [6.45, 7) is 4.46. The molecule has 0 fully saturated rings. The standard InChI is InChI=1S/C14H18F3N3O3/c1-9(2)8-19-13(21)5-6-18-11-4-3-10(14(15,16)17)7-12(11)20(22)23/h3-4,7,9,18H,5-6,8H2,1-2H3,(H,19,21). The van der Waals surface area contributed by atoms with Gasteiger partial charge in [-0.05, 0) is 18.1 Å². The molecule has 1 aromatic carbocycles. The zero-order chi connectivity index (χ0) is 17.6. The second-order valence-electron chi connectivity index (χ2n) is 5.36. The van der Waals surface area contributed by atoms with Gasteiger partial charge >= 0.3 is 6.18 Å². The molecule has 1 amide bonds. The molecule has 128 valence electrons. The van der Waals surface area contributed by atoms with Crippen LogP contribution in [-0.4, -0.2) is 23.9 Å². The van der Waals surface area contributed by atoms with Crippen LogP contribution >= 0.6 is 0 Å². The van der Waals surface area contributed by atoms with Gasteiger partial charge in [-0.15, -0.1) is 0 Å². The van der Waals surface area contributed by atoms with Crippen molar-refractivity contribution in [2.75, 3.05) is 18.4 Å². The monoisotopic (exact) mass is 333 g/mol. The molecule has 23 heavy (non-hydrogen) atoms. The maximum Gasteiger partial charge on any atom is 0.416 e. The number of nitro groups is 1. The molecule has 0 radical (unpaired) electrons. The van der Waals surface area contributed by atoms with Crippen LogP contribution < -0.4 is 10.6 Å². The minimum Gasteiger partial charge on any atom is -0.379 e. The Bertz CT molecular complexity index is 574. The number of hydrogen-bond donors (Lipinski definition) is 2. The van der Waals surface area contributed by atoms with Gasteiger partial charge in [0, 0.05) is 25.6 Å². The number of alkyl halides is 3. The highest BCUT2D eigenvalue weighted by Gasteiger charge is 2.32. The van der Waals surface area contributed by atoms with Gasteiger partial charge in [0.05, 0.1) is 10.5 Å². The number of halogens is 3. The third-order valence-corrected chi connectivity index (χ3v) is 2.90. The van der Waals surface area contributed by atoms with Crippen molar-refractivity contribution in [3.8, 4) is 0 Å². The summed E-state index contributed by atoms with van der Waals surface area (Å²) < 4.78 is 37.7. The average molecular weight is 333 g/mol. The van der Waals surface area contributed by atoms with E-state index in [0.29, 0.717) is 18.5 Å². The van der Waals surface area contributed by atoms with Crippen molar-refractivity contribution in [3.05, 3.63) is 33.9 Å². The van der Waals surface area contributed by atoms with E-state index in [1.54, 1.807) is 0 Å². The van der Waals surface area contributed by atoms with Gasteiger partial charge < -0.3 is 10.6 Å². The fourth-order valence-corrected chi connectivity index (χ4v) is 1.73. The Morgan fingerprint density at radius 1 is 1.35 bits per heavy atom. The summed E-state index contributed by atoms with van der Waals surface area (Å²) in [6.07, 6.45) is -4.59. The first-order valence-electron chi connectivity index (χ1n) is 6.97. The fraction of sp³-hybridized carbons (Fsp3) is 0.500. The second kappa shape index (κ2) is 7.80. The van der Waals surface area contributed by atoms with E-state index in [1.165, 1.54) is 0 Å². The van der Waals surface area contributed by atoms with E-state index in [4.69, 9.17) is 0 Å². The van der Waals surface area contributed by atoms with Crippen molar-refractivity contribution in [1.29, 1.82) is 0 Å². The van der Waals surface area contributed by atoms with Crippen LogP contribution in [0.15, 0.2) is 18.2 Å². The Labute approximate surface area is 131 Å². The van der Waals surface area contributed by atoms with E-state index in [0.717, 1.165) is 12.1 Å². The fourth-order valence-electron chi connectivity index (χ4n) is 1.73. The summed E-state index contributed by atoms with van der Waals surface area (Å²) in [5.41, 5.74) is -1.83. The van der Waals surface area contributed by atoms with E-state index >= 15 is 0 Å². The lowest BCUT2D eigenvalue weighted by Gasteiger charge is -2.11. The van der Waals surface area contributed by atoms with Crippen molar-refractivity contribution in [2.24, 2.45) is 5.92 Å². The minimum absolute atomic E-state index is 0.0559. The van der Waals surface area contributed by atoms with Crippen LogP contribution in [0.2, 0.25) is 0 Å². The van der Waals surface area contributed by atoms with Crippen LogP contribution in [0, 0.1) is 16.0 Å². The van der Waals surface area contributed by atoms with E-state index in [1.807, 2.05) is 13.8 Å². The molecule has 0 bridgehead atoms. The summed E-state index contributed by atoms with van der Waals surface area (Å²) in [5, 5.41) is 16.2. The number of carbonyl (C=O) groups excluding carboxylic acids is 1. The van der Waals surface area contributed by atoms with Gasteiger partial charge in [-0.3, -0.25) is 14.9 Å². The predicted molar refractivity (Wildman–Crippen MR) is 79.1 cm³/mol. The van der Waals surface area contributed by atoms with Crippen LogP contribution in [-0.2, 0) is 11.0 Å². The van der Waals surface area contributed by atoms with Gasteiger partial charge in [0.25, 0.3) is 5.69 Å². The maximum atomic E-state index is 12.6. The third kappa shape index (κ3) is 6.13. The first kappa shape index (κ1) is 18.7. The van der Waals surface area contributed by atoms with Gasteiger partial charge in [0.2, 0.25) is 5.91 Å². The molecule has 0 unspecified atom stereocenters. The molecular weight excluding hydrogens is 315 g/mol. The molecule has 1 aromatic rings. The number of nitrogens with zero attached hydrogens (tertiary/aromatic N) is 1. The summed E-state index contributed by atoms with van der Waals surface area (Å²) >= 11 is 0. The Morgan fingerprint density at radius 2 is 2.00 bits per heavy atom. The zero-order valence-corrected chi connectivity index (χ0v) is 12.7. The second-order valence-corrected chi connectivity index (χ2v) is 5.36. The zero-order valence-electron chi connectivity index (χ0n) is 12.7. The Kier molecular flexibility index (Phi) is 6.35. The van der Waals surface area contributed by atoms with Gasteiger partial charge in [0.1, 0.15) is 5.69 Å². The number of amides is 1. The smallest absolute Gasteiger partial charge is 0.379 e. The number of nitro benzene ring substituents is 1. The van der Waals surface area contributed by atoms with E-state index in [9.17, 15) is 28.1 Å². The van der Waals surface area contributed by atoms with Gasteiger partial charge in [-0.2, -0.15) is 13.2 Å². The van der Waals surface area contributed by atoms with E-state index in [2.05, 4.69) is 10.6 Å². The Morgan fingerprint density at radius 3 is 2.52 bits per heavy atom. The highest BCUT2D eigenvalue weighted by Crippen LogP contribution is 2.34. The lowest BCUT2D eigenvalue weighted by atomic mass is 10.1. The molecule has 0 heterocycles. The van der Waals surface area contributed by atoms with Crippen molar-refractivity contribution in [1.82, 2.24) is 5.32 Å². The predicted octanol–water partition coefficient (Wildman–Crippen LogP) is 3.19. The largest absolute Gasteiger partial charge is 0.416 e. The number of anilines is 1. The number of benzene rings is 1. The minimum atomic E-state index is -4.65. The van der Waals surface area contributed by atoms with Gasteiger partial charge in [0.15, 0.2) is 0 Å². The molecule has 1 rings (SSSR count). The number of carbonyl (C=O) groups is 1. The van der Waals surface area contributed by atoms with E-state index < -0.39 is 22.4 Å². The molecule has 9 heteroatoms. The molecule has 6 nitrogen and oxygen atoms in total. The van der Waals surface area contributed by atoms with Crippen LogP contribution in [0.3, 0.4) is 0 Å². The first-order chi connectivity index (χ1) is 10.6. The normalized spacial score (nSPS) is 11.4.